The van der Waals surface area contributed by atoms with Crippen LogP contribution in [0.4, 0.5) is 0 Å². The van der Waals surface area contributed by atoms with E-state index in [4.69, 9.17) is 0 Å². The zero-order chi connectivity index (χ0) is 11.4. The van der Waals surface area contributed by atoms with Crippen LogP contribution in [0.25, 0.3) is 0 Å². The quantitative estimate of drug-likeness (QED) is 0.666. The molecule has 0 N–H and O–H groups in total. The number of carbonyl (C=O) groups is 1. The summed E-state index contributed by atoms with van der Waals surface area (Å²) < 4.78 is 0. The van der Waals surface area contributed by atoms with Crippen molar-refractivity contribution in [1.82, 2.24) is 4.90 Å². The van der Waals surface area contributed by atoms with Gasteiger partial charge in [-0.2, -0.15) is 0 Å². The van der Waals surface area contributed by atoms with Crippen molar-refractivity contribution < 1.29 is 4.79 Å². The van der Waals surface area contributed by atoms with Crippen LogP contribution in [-0.2, 0) is 4.79 Å². The van der Waals surface area contributed by atoms with E-state index in [0.717, 1.165) is 19.3 Å². The van der Waals surface area contributed by atoms with E-state index in [2.05, 4.69) is 27.7 Å². The summed E-state index contributed by atoms with van der Waals surface area (Å²) >= 11 is 0. The lowest BCUT2D eigenvalue weighted by atomic mass is 9.82. The third kappa shape index (κ3) is 4.12. The van der Waals surface area contributed by atoms with Crippen LogP contribution in [0.2, 0.25) is 0 Å². The Hall–Kier alpha value is -0.530. The molecule has 0 aliphatic carbocycles. The van der Waals surface area contributed by atoms with Crippen molar-refractivity contribution >= 4 is 5.91 Å². The molecule has 84 valence electrons. The van der Waals surface area contributed by atoms with Crippen molar-refractivity contribution in [1.29, 1.82) is 0 Å². The normalized spacial score (nSPS) is 13.9. The number of amides is 1. The van der Waals surface area contributed by atoms with E-state index in [0.29, 0.717) is 11.5 Å². The van der Waals surface area contributed by atoms with Crippen molar-refractivity contribution in [3.05, 3.63) is 0 Å². The Balaban J connectivity index is 4.36. The van der Waals surface area contributed by atoms with Crippen LogP contribution >= 0.6 is 0 Å². The van der Waals surface area contributed by atoms with Gasteiger partial charge in [-0.1, -0.05) is 34.1 Å². The third-order valence-corrected chi connectivity index (χ3v) is 3.26. The van der Waals surface area contributed by atoms with Gasteiger partial charge in [-0.25, -0.2) is 0 Å². The second kappa shape index (κ2) is 5.38. The molecule has 0 aliphatic heterocycles. The molecule has 0 spiro atoms. The van der Waals surface area contributed by atoms with E-state index < -0.39 is 0 Å². The molecule has 0 saturated heterocycles. The summed E-state index contributed by atoms with van der Waals surface area (Å²) in [5.74, 6) is 0.170. The highest BCUT2D eigenvalue weighted by Gasteiger charge is 2.24. The van der Waals surface area contributed by atoms with Gasteiger partial charge in [0.15, 0.2) is 0 Å². The molecule has 0 aliphatic rings. The molecular formula is C12H25NO. The summed E-state index contributed by atoms with van der Waals surface area (Å²) in [5, 5.41) is 0. The molecule has 0 rings (SSSR count). The Bertz CT molecular complexity index is 187. The van der Waals surface area contributed by atoms with Crippen LogP contribution in [0, 0.1) is 5.41 Å². The number of nitrogens with zero attached hydrogens (tertiary/aromatic N) is 1. The topological polar surface area (TPSA) is 20.3 Å². The molecule has 0 aromatic heterocycles. The molecule has 0 saturated carbocycles. The fourth-order valence-electron chi connectivity index (χ4n) is 1.59. The van der Waals surface area contributed by atoms with Gasteiger partial charge in [0.05, 0.1) is 0 Å². The average molecular weight is 199 g/mol. The Morgan fingerprint density at radius 3 is 2.14 bits per heavy atom. The maximum Gasteiger partial charge on any atom is 0.219 e. The van der Waals surface area contributed by atoms with Crippen LogP contribution < -0.4 is 0 Å². The first-order valence-corrected chi connectivity index (χ1v) is 5.57. The highest BCUT2D eigenvalue weighted by Crippen LogP contribution is 2.28. The highest BCUT2D eigenvalue weighted by atomic mass is 16.2. The average Bonchev–Trinajstić information content (AvgIpc) is 2.13. The van der Waals surface area contributed by atoms with Gasteiger partial charge in [-0.05, 0) is 18.3 Å². The van der Waals surface area contributed by atoms with Gasteiger partial charge in [0.25, 0.3) is 0 Å². The first kappa shape index (κ1) is 13.5. The monoisotopic (exact) mass is 199 g/mol. The van der Waals surface area contributed by atoms with Gasteiger partial charge in [0.2, 0.25) is 5.91 Å². The van der Waals surface area contributed by atoms with E-state index in [-0.39, 0.29) is 5.91 Å². The van der Waals surface area contributed by atoms with Crippen molar-refractivity contribution in [2.24, 2.45) is 5.41 Å². The fourth-order valence-corrected chi connectivity index (χ4v) is 1.59. The van der Waals surface area contributed by atoms with Gasteiger partial charge < -0.3 is 4.90 Å². The zero-order valence-electron chi connectivity index (χ0n) is 10.6. The molecule has 0 bridgehead atoms. The smallest absolute Gasteiger partial charge is 0.219 e. The van der Waals surface area contributed by atoms with Crippen molar-refractivity contribution in [2.75, 3.05) is 7.05 Å². The number of hydrogen-bond acceptors (Lipinski definition) is 1. The van der Waals surface area contributed by atoms with Gasteiger partial charge in [0, 0.05) is 20.0 Å². The molecule has 14 heavy (non-hydrogen) atoms. The van der Waals surface area contributed by atoms with E-state index in [1.807, 2.05) is 11.9 Å². The lowest BCUT2D eigenvalue weighted by molar-refractivity contribution is -0.130. The lowest BCUT2D eigenvalue weighted by Gasteiger charge is -2.33. The first-order valence-electron chi connectivity index (χ1n) is 5.57. The maximum absolute atomic E-state index is 11.2. The fraction of sp³-hybridized carbons (Fsp3) is 0.917. The molecule has 1 atom stereocenters. The van der Waals surface area contributed by atoms with Gasteiger partial charge in [-0.15, -0.1) is 0 Å². The number of rotatable bonds is 5. The van der Waals surface area contributed by atoms with Crippen LogP contribution in [-0.4, -0.2) is 23.9 Å². The summed E-state index contributed by atoms with van der Waals surface area (Å²) in [5.41, 5.74) is 0.338. The van der Waals surface area contributed by atoms with Crippen LogP contribution in [0.5, 0.6) is 0 Å². The summed E-state index contributed by atoms with van der Waals surface area (Å²) in [7, 11) is 1.90. The molecule has 2 heteroatoms. The maximum atomic E-state index is 11.2. The molecule has 2 nitrogen and oxygen atoms in total. The van der Waals surface area contributed by atoms with E-state index in [1.54, 1.807) is 6.92 Å². The minimum atomic E-state index is 0.170. The summed E-state index contributed by atoms with van der Waals surface area (Å²) in [4.78, 5) is 13.1. The van der Waals surface area contributed by atoms with E-state index in [1.165, 1.54) is 0 Å². The number of carbonyl (C=O) groups excluding carboxylic acids is 1. The molecule has 0 radical (unpaired) electrons. The molecule has 0 heterocycles. The molecular weight excluding hydrogens is 174 g/mol. The van der Waals surface area contributed by atoms with Gasteiger partial charge >= 0.3 is 0 Å². The van der Waals surface area contributed by atoms with E-state index >= 15 is 0 Å². The first-order chi connectivity index (χ1) is 6.34. The summed E-state index contributed by atoms with van der Waals surface area (Å²) in [6.45, 7) is 10.5. The minimum Gasteiger partial charge on any atom is -0.343 e. The SMILES string of the molecule is CCC(CC(C)(C)CC)N(C)C(C)=O. The molecule has 0 aromatic rings. The zero-order valence-corrected chi connectivity index (χ0v) is 10.6. The largest absolute Gasteiger partial charge is 0.343 e. The lowest BCUT2D eigenvalue weighted by Crippen LogP contribution is -2.38. The van der Waals surface area contributed by atoms with Crippen molar-refractivity contribution in [3.63, 3.8) is 0 Å². The Labute approximate surface area is 88.7 Å². The predicted molar refractivity (Wildman–Crippen MR) is 61.2 cm³/mol. The van der Waals surface area contributed by atoms with E-state index in [9.17, 15) is 4.79 Å². The van der Waals surface area contributed by atoms with Crippen molar-refractivity contribution in [2.45, 2.75) is 59.9 Å². The third-order valence-electron chi connectivity index (χ3n) is 3.26. The highest BCUT2D eigenvalue weighted by molar-refractivity contribution is 5.73. The Kier molecular flexibility index (Phi) is 5.17. The molecule has 1 unspecified atom stereocenters. The summed E-state index contributed by atoms with van der Waals surface area (Å²) in [6.07, 6.45) is 3.30. The van der Waals surface area contributed by atoms with Gasteiger partial charge in [0.1, 0.15) is 0 Å². The standard InChI is InChI=1S/C12H25NO/c1-7-11(13(6)10(3)14)9-12(4,5)8-2/h11H,7-9H2,1-6H3. The van der Waals surface area contributed by atoms with Gasteiger partial charge in [-0.3, -0.25) is 4.79 Å². The minimum absolute atomic E-state index is 0.170. The molecule has 1 amide bonds. The van der Waals surface area contributed by atoms with Crippen LogP contribution in [0.1, 0.15) is 53.9 Å². The van der Waals surface area contributed by atoms with Crippen LogP contribution in [0.15, 0.2) is 0 Å². The second-order valence-electron chi connectivity index (χ2n) is 4.91. The second-order valence-corrected chi connectivity index (χ2v) is 4.91. The predicted octanol–water partition coefficient (Wildman–Crippen LogP) is 3.07. The Morgan fingerprint density at radius 1 is 1.36 bits per heavy atom. The number of hydrogen-bond donors (Lipinski definition) is 0. The van der Waals surface area contributed by atoms with Crippen LogP contribution in [0.3, 0.4) is 0 Å². The Morgan fingerprint density at radius 2 is 1.86 bits per heavy atom. The summed E-state index contributed by atoms with van der Waals surface area (Å²) in [6, 6.07) is 0.391. The molecule has 0 fully saturated rings. The molecule has 0 aromatic carbocycles. The van der Waals surface area contributed by atoms with Crippen molar-refractivity contribution in [3.8, 4) is 0 Å².